The number of amides is 1. The molecule has 0 fully saturated rings. The van der Waals surface area contributed by atoms with E-state index in [1.54, 1.807) is 12.3 Å². The summed E-state index contributed by atoms with van der Waals surface area (Å²) in [6.45, 7) is 5.36. The third-order valence-electron chi connectivity index (χ3n) is 3.39. The van der Waals surface area contributed by atoms with Crippen LogP contribution in [0.25, 0.3) is 6.08 Å². The number of nitrogens with one attached hydrogen (secondary N) is 1. The Hall–Kier alpha value is -2.37. The van der Waals surface area contributed by atoms with E-state index in [1.807, 2.05) is 48.6 Å². The molecule has 0 aromatic carbocycles. The molecule has 0 unspecified atom stereocenters. The van der Waals surface area contributed by atoms with Crippen molar-refractivity contribution in [3.8, 4) is 0 Å². The zero-order valence-corrected chi connectivity index (χ0v) is 12.7. The minimum Gasteiger partial charge on any atom is -0.352 e. The summed E-state index contributed by atoms with van der Waals surface area (Å²) in [6.07, 6.45) is 7.90. The maximum Gasteiger partial charge on any atom is 0.244 e. The summed E-state index contributed by atoms with van der Waals surface area (Å²) >= 11 is 0. The van der Waals surface area contributed by atoms with Crippen LogP contribution in [0.5, 0.6) is 0 Å². The van der Waals surface area contributed by atoms with Gasteiger partial charge >= 0.3 is 0 Å². The minimum atomic E-state index is -0.0851. The van der Waals surface area contributed by atoms with Crippen molar-refractivity contribution < 1.29 is 4.79 Å². The van der Waals surface area contributed by atoms with Crippen molar-refractivity contribution in [1.29, 1.82) is 0 Å². The number of hydrogen-bond donors (Lipinski definition) is 1. The fourth-order valence-corrected chi connectivity index (χ4v) is 2.13. The van der Waals surface area contributed by atoms with Crippen LogP contribution < -0.4 is 5.32 Å². The van der Waals surface area contributed by atoms with Gasteiger partial charge in [0, 0.05) is 49.9 Å². The van der Waals surface area contributed by atoms with Crippen LogP contribution in [0, 0.1) is 13.8 Å². The third-order valence-corrected chi connectivity index (χ3v) is 3.39. The molecule has 2 aromatic rings. The minimum absolute atomic E-state index is 0.0851. The highest BCUT2D eigenvalue weighted by Crippen LogP contribution is 2.13. The van der Waals surface area contributed by atoms with Gasteiger partial charge in [-0.15, -0.1) is 0 Å². The molecule has 0 aliphatic heterocycles. The summed E-state index contributed by atoms with van der Waals surface area (Å²) in [5, 5.41) is 11.3. The van der Waals surface area contributed by atoms with Crippen LogP contribution in [0.2, 0.25) is 0 Å². The molecule has 0 atom stereocenters. The van der Waals surface area contributed by atoms with Gasteiger partial charge in [-0.2, -0.15) is 10.2 Å². The maximum atomic E-state index is 11.8. The van der Waals surface area contributed by atoms with Gasteiger partial charge in [0.25, 0.3) is 0 Å². The molecule has 21 heavy (non-hydrogen) atoms. The molecule has 1 amide bonds. The molecule has 0 aliphatic rings. The van der Waals surface area contributed by atoms with Crippen molar-refractivity contribution in [2.45, 2.75) is 26.8 Å². The summed E-state index contributed by atoms with van der Waals surface area (Å²) in [4.78, 5) is 11.8. The zero-order valence-electron chi connectivity index (χ0n) is 12.7. The number of nitrogens with zero attached hydrogens (tertiary/aromatic N) is 4. The first kappa shape index (κ1) is 15.0. The second-order valence-corrected chi connectivity index (χ2v) is 4.96. The summed E-state index contributed by atoms with van der Waals surface area (Å²) < 4.78 is 3.67. The van der Waals surface area contributed by atoms with Gasteiger partial charge in [0.05, 0.1) is 5.69 Å². The van der Waals surface area contributed by atoms with Crippen LogP contribution in [-0.2, 0) is 18.4 Å². The quantitative estimate of drug-likeness (QED) is 0.646. The Labute approximate surface area is 124 Å². The second-order valence-electron chi connectivity index (χ2n) is 4.96. The standard InChI is InChI=1S/C15H21N5O/c1-12-14(13(2)19(3)18-12)6-7-15(21)16-8-4-10-20-11-5-9-17-20/h5-7,9,11H,4,8,10H2,1-3H3,(H,16,21)/b7-6+. The highest BCUT2D eigenvalue weighted by Gasteiger charge is 2.06. The van der Waals surface area contributed by atoms with Gasteiger partial charge in [-0.05, 0) is 32.4 Å². The summed E-state index contributed by atoms with van der Waals surface area (Å²) in [7, 11) is 1.90. The zero-order chi connectivity index (χ0) is 15.2. The SMILES string of the molecule is Cc1nn(C)c(C)c1/C=C/C(=O)NCCCn1cccn1. The van der Waals surface area contributed by atoms with Crippen molar-refractivity contribution in [3.05, 3.63) is 41.5 Å². The fourth-order valence-electron chi connectivity index (χ4n) is 2.13. The first-order valence-electron chi connectivity index (χ1n) is 7.01. The predicted octanol–water partition coefficient (Wildman–Crippen LogP) is 1.45. The van der Waals surface area contributed by atoms with Gasteiger partial charge in [-0.1, -0.05) is 0 Å². The normalized spacial score (nSPS) is 11.2. The lowest BCUT2D eigenvalue weighted by Crippen LogP contribution is -2.23. The Bertz CT molecular complexity index is 625. The van der Waals surface area contributed by atoms with Crippen LogP contribution in [0.1, 0.15) is 23.4 Å². The molecule has 0 aliphatic carbocycles. The number of aryl methyl sites for hydroxylation is 3. The second kappa shape index (κ2) is 6.88. The lowest BCUT2D eigenvalue weighted by atomic mass is 10.2. The summed E-state index contributed by atoms with van der Waals surface area (Å²) in [5.41, 5.74) is 2.98. The highest BCUT2D eigenvalue weighted by molar-refractivity contribution is 5.91. The largest absolute Gasteiger partial charge is 0.352 e. The van der Waals surface area contributed by atoms with Crippen LogP contribution in [0.3, 0.4) is 0 Å². The monoisotopic (exact) mass is 287 g/mol. The lowest BCUT2D eigenvalue weighted by molar-refractivity contribution is -0.116. The van der Waals surface area contributed by atoms with Crippen molar-refractivity contribution in [2.24, 2.45) is 7.05 Å². The van der Waals surface area contributed by atoms with Crippen LogP contribution in [0.4, 0.5) is 0 Å². The molecular weight excluding hydrogens is 266 g/mol. The van der Waals surface area contributed by atoms with Crippen LogP contribution in [0.15, 0.2) is 24.5 Å². The Morgan fingerprint density at radius 3 is 2.86 bits per heavy atom. The molecule has 1 N–H and O–H groups in total. The summed E-state index contributed by atoms with van der Waals surface area (Å²) in [5.74, 6) is -0.0851. The molecule has 0 saturated carbocycles. The molecule has 0 saturated heterocycles. The van der Waals surface area contributed by atoms with E-state index >= 15 is 0 Å². The third kappa shape index (κ3) is 4.05. The topological polar surface area (TPSA) is 64.7 Å². The number of carbonyl (C=O) groups excluding carboxylic acids is 1. The average Bonchev–Trinajstić information content (AvgIpc) is 3.03. The van der Waals surface area contributed by atoms with Gasteiger partial charge in [-0.3, -0.25) is 14.2 Å². The molecule has 0 bridgehead atoms. The number of carbonyl (C=O) groups is 1. The van der Waals surface area contributed by atoms with Crippen LogP contribution in [-0.4, -0.2) is 32.0 Å². The van der Waals surface area contributed by atoms with E-state index in [0.29, 0.717) is 6.54 Å². The Kier molecular flexibility index (Phi) is 4.92. The molecule has 2 rings (SSSR count). The van der Waals surface area contributed by atoms with Crippen LogP contribution >= 0.6 is 0 Å². The first-order valence-corrected chi connectivity index (χ1v) is 7.01. The summed E-state index contributed by atoms with van der Waals surface area (Å²) in [6, 6.07) is 1.89. The smallest absolute Gasteiger partial charge is 0.244 e. The van der Waals surface area contributed by atoms with Gasteiger partial charge in [0.15, 0.2) is 0 Å². The Balaban J connectivity index is 1.77. The first-order chi connectivity index (χ1) is 10.1. The molecule has 6 heteroatoms. The predicted molar refractivity (Wildman–Crippen MR) is 81.6 cm³/mol. The van der Waals surface area contributed by atoms with E-state index in [1.165, 1.54) is 0 Å². The number of aromatic nitrogens is 4. The fraction of sp³-hybridized carbons (Fsp3) is 0.400. The Morgan fingerprint density at radius 1 is 1.43 bits per heavy atom. The molecule has 0 radical (unpaired) electrons. The molecule has 0 spiro atoms. The van der Waals surface area contributed by atoms with Crippen molar-refractivity contribution in [1.82, 2.24) is 24.9 Å². The molecule has 2 aromatic heterocycles. The van der Waals surface area contributed by atoms with Crippen molar-refractivity contribution in [3.63, 3.8) is 0 Å². The van der Waals surface area contributed by atoms with Gasteiger partial charge in [0.1, 0.15) is 0 Å². The van der Waals surface area contributed by atoms with Gasteiger partial charge in [-0.25, -0.2) is 0 Å². The Morgan fingerprint density at radius 2 is 2.24 bits per heavy atom. The van der Waals surface area contributed by atoms with Gasteiger partial charge in [0.2, 0.25) is 5.91 Å². The molecule has 6 nitrogen and oxygen atoms in total. The van der Waals surface area contributed by atoms with E-state index in [2.05, 4.69) is 15.5 Å². The lowest BCUT2D eigenvalue weighted by Gasteiger charge is -2.02. The van der Waals surface area contributed by atoms with Crippen molar-refractivity contribution >= 4 is 12.0 Å². The van der Waals surface area contributed by atoms with E-state index in [9.17, 15) is 4.79 Å². The maximum absolute atomic E-state index is 11.8. The number of hydrogen-bond acceptors (Lipinski definition) is 3. The van der Waals surface area contributed by atoms with E-state index in [-0.39, 0.29) is 5.91 Å². The van der Waals surface area contributed by atoms with E-state index < -0.39 is 0 Å². The number of rotatable bonds is 6. The molecule has 2 heterocycles. The molecular formula is C15H21N5O. The van der Waals surface area contributed by atoms with E-state index in [4.69, 9.17) is 0 Å². The van der Waals surface area contributed by atoms with Crippen molar-refractivity contribution in [2.75, 3.05) is 6.54 Å². The van der Waals surface area contributed by atoms with Gasteiger partial charge < -0.3 is 5.32 Å². The average molecular weight is 287 g/mol. The molecule has 112 valence electrons. The highest BCUT2D eigenvalue weighted by atomic mass is 16.1. The van der Waals surface area contributed by atoms with E-state index in [0.717, 1.165) is 29.9 Å².